The molecule has 0 aliphatic carbocycles. The fourth-order valence-electron chi connectivity index (χ4n) is 1.93. The Hall–Kier alpha value is -0.610. The zero-order valence-corrected chi connectivity index (χ0v) is 13.0. The van der Waals surface area contributed by atoms with E-state index in [4.69, 9.17) is 14.2 Å². The lowest BCUT2D eigenvalue weighted by molar-refractivity contribution is -0.266. The molecule has 112 valence electrons. The van der Waals surface area contributed by atoms with E-state index in [0.717, 1.165) is 0 Å². The normalized spacial score (nSPS) is 33.8. The minimum Gasteiger partial charge on any atom is -0.497 e. The number of alkyl halides is 1. The number of hydrogen-bond donors (Lipinski definition) is 3. The van der Waals surface area contributed by atoms with Gasteiger partial charge >= 0.3 is 0 Å². The number of ether oxygens (including phenoxy) is 3. The van der Waals surface area contributed by atoms with Crippen LogP contribution in [0.3, 0.4) is 0 Å². The number of rotatable bonds is 4. The molecule has 0 radical (unpaired) electrons. The van der Waals surface area contributed by atoms with E-state index in [2.05, 4.69) is 0 Å². The summed E-state index contributed by atoms with van der Waals surface area (Å²) in [6.07, 6.45) is -5.35. The molecular weight excluding hydrogens is 379 g/mol. The highest BCUT2D eigenvalue weighted by atomic mass is 127. The molecule has 1 heterocycles. The van der Waals surface area contributed by atoms with Gasteiger partial charge in [0.25, 0.3) is 0 Å². The second-order valence-electron chi connectivity index (χ2n) is 4.46. The average molecular weight is 396 g/mol. The third-order valence-electron chi connectivity index (χ3n) is 3.13. The molecule has 1 aliphatic heterocycles. The maximum atomic E-state index is 9.90. The standard InChI is InChI=1S/C13H17IO6/c1-18-7-2-4-8(5-3-7)19-13-12(17)11(16)10(15)9(6-14)20-13/h2-5,9-13,15-17H,6H2,1H3/t9-,10-,11+,12-,13-/m1/s1. The van der Waals surface area contributed by atoms with E-state index in [9.17, 15) is 15.3 Å². The largest absolute Gasteiger partial charge is 0.497 e. The molecule has 0 amide bonds. The highest BCUT2D eigenvalue weighted by molar-refractivity contribution is 14.1. The predicted octanol–water partition coefficient (Wildman–Crippen LogP) is 0.317. The Balaban J connectivity index is 2.06. The highest BCUT2D eigenvalue weighted by Gasteiger charge is 2.44. The van der Waals surface area contributed by atoms with E-state index in [1.165, 1.54) is 0 Å². The van der Waals surface area contributed by atoms with E-state index < -0.39 is 30.7 Å². The third kappa shape index (κ3) is 3.34. The van der Waals surface area contributed by atoms with Crippen molar-refractivity contribution in [2.24, 2.45) is 0 Å². The second-order valence-corrected chi connectivity index (χ2v) is 5.34. The summed E-state index contributed by atoms with van der Waals surface area (Å²) in [6.45, 7) is 0. The molecule has 1 aromatic carbocycles. The average Bonchev–Trinajstić information content (AvgIpc) is 2.48. The molecule has 0 unspecified atom stereocenters. The van der Waals surface area contributed by atoms with Crippen LogP contribution in [0.5, 0.6) is 11.5 Å². The van der Waals surface area contributed by atoms with Crippen LogP contribution in [-0.4, -0.2) is 57.6 Å². The van der Waals surface area contributed by atoms with E-state index in [-0.39, 0.29) is 0 Å². The van der Waals surface area contributed by atoms with Gasteiger partial charge in [0, 0.05) is 4.43 Å². The van der Waals surface area contributed by atoms with Crippen LogP contribution in [0.1, 0.15) is 0 Å². The van der Waals surface area contributed by atoms with E-state index >= 15 is 0 Å². The van der Waals surface area contributed by atoms with Gasteiger partial charge in [-0.1, -0.05) is 22.6 Å². The lowest BCUT2D eigenvalue weighted by atomic mass is 10.00. The quantitative estimate of drug-likeness (QED) is 0.502. The Kier molecular flexibility index (Phi) is 5.44. The smallest absolute Gasteiger partial charge is 0.229 e. The molecule has 7 heteroatoms. The first-order chi connectivity index (χ1) is 9.56. The Bertz CT molecular complexity index is 423. The number of aliphatic hydroxyl groups excluding tert-OH is 3. The Morgan fingerprint density at radius 1 is 1.05 bits per heavy atom. The number of benzene rings is 1. The third-order valence-corrected chi connectivity index (χ3v) is 4.00. The van der Waals surface area contributed by atoms with E-state index in [0.29, 0.717) is 15.9 Å². The van der Waals surface area contributed by atoms with E-state index in [1.807, 2.05) is 22.6 Å². The van der Waals surface area contributed by atoms with Crippen molar-refractivity contribution in [2.45, 2.75) is 30.7 Å². The molecule has 20 heavy (non-hydrogen) atoms. The van der Waals surface area contributed by atoms with Gasteiger partial charge in [0.2, 0.25) is 6.29 Å². The summed E-state index contributed by atoms with van der Waals surface area (Å²) in [7, 11) is 1.56. The lowest BCUT2D eigenvalue weighted by Gasteiger charge is -2.39. The topological polar surface area (TPSA) is 88.4 Å². The first-order valence-corrected chi connectivity index (χ1v) is 7.65. The maximum absolute atomic E-state index is 9.90. The van der Waals surface area contributed by atoms with Crippen molar-refractivity contribution in [2.75, 3.05) is 11.5 Å². The van der Waals surface area contributed by atoms with Gasteiger partial charge in [0.15, 0.2) is 0 Å². The van der Waals surface area contributed by atoms with Crippen molar-refractivity contribution < 1.29 is 29.5 Å². The molecule has 0 bridgehead atoms. The first kappa shape index (κ1) is 15.8. The SMILES string of the molecule is COc1ccc(O[C@@H]2O[C@H](CI)[C@@H](O)[C@H](O)[C@H]2O)cc1. The molecule has 2 rings (SSSR count). The molecule has 1 aromatic rings. The van der Waals surface area contributed by atoms with Crippen molar-refractivity contribution >= 4 is 22.6 Å². The number of hydrogen-bond acceptors (Lipinski definition) is 6. The summed E-state index contributed by atoms with van der Waals surface area (Å²) in [6, 6.07) is 6.77. The van der Waals surface area contributed by atoms with Crippen molar-refractivity contribution in [3.05, 3.63) is 24.3 Å². The molecule has 6 nitrogen and oxygen atoms in total. The highest BCUT2D eigenvalue weighted by Crippen LogP contribution is 2.26. The maximum Gasteiger partial charge on any atom is 0.229 e. The second kappa shape index (κ2) is 6.90. The summed E-state index contributed by atoms with van der Waals surface area (Å²) >= 11 is 2.04. The Morgan fingerprint density at radius 2 is 1.65 bits per heavy atom. The van der Waals surface area contributed by atoms with Crippen LogP contribution in [0.25, 0.3) is 0 Å². The van der Waals surface area contributed by atoms with Crippen LogP contribution < -0.4 is 9.47 Å². The van der Waals surface area contributed by atoms with Gasteiger partial charge in [-0.2, -0.15) is 0 Å². The minimum absolute atomic E-state index is 0.477. The van der Waals surface area contributed by atoms with Gasteiger partial charge in [0.1, 0.15) is 29.8 Å². The van der Waals surface area contributed by atoms with Crippen LogP contribution in [0, 0.1) is 0 Å². The molecule has 1 fully saturated rings. The molecule has 0 aromatic heterocycles. The summed E-state index contributed by atoms with van der Waals surface area (Å²) in [5.74, 6) is 1.16. The first-order valence-electron chi connectivity index (χ1n) is 6.13. The number of methoxy groups -OCH3 is 1. The molecule has 1 saturated heterocycles. The van der Waals surface area contributed by atoms with Crippen molar-refractivity contribution in [1.82, 2.24) is 0 Å². The van der Waals surface area contributed by atoms with Gasteiger partial charge in [-0.15, -0.1) is 0 Å². The summed E-state index contributed by atoms with van der Waals surface area (Å²) < 4.78 is 16.5. The monoisotopic (exact) mass is 396 g/mol. The Labute approximate surface area is 130 Å². The molecule has 1 aliphatic rings. The minimum atomic E-state index is -1.31. The van der Waals surface area contributed by atoms with Gasteiger partial charge < -0.3 is 29.5 Å². The fourth-order valence-corrected chi connectivity index (χ4v) is 2.66. The van der Waals surface area contributed by atoms with E-state index in [1.54, 1.807) is 31.4 Å². The Morgan fingerprint density at radius 3 is 2.20 bits per heavy atom. The van der Waals surface area contributed by atoms with Gasteiger partial charge in [0.05, 0.1) is 13.2 Å². The predicted molar refractivity (Wildman–Crippen MR) is 79.2 cm³/mol. The summed E-state index contributed by atoms with van der Waals surface area (Å²) in [4.78, 5) is 0. The van der Waals surface area contributed by atoms with Gasteiger partial charge in [-0.3, -0.25) is 0 Å². The number of halogens is 1. The molecule has 0 saturated carbocycles. The zero-order chi connectivity index (χ0) is 14.7. The van der Waals surface area contributed by atoms with Crippen LogP contribution in [0.2, 0.25) is 0 Å². The number of aliphatic hydroxyl groups is 3. The van der Waals surface area contributed by atoms with Crippen molar-refractivity contribution in [3.63, 3.8) is 0 Å². The fraction of sp³-hybridized carbons (Fsp3) is 0.538. The molecular formula is C13H17IO6. The molecule has 5 atom stereocenters. The van der Waals surface area contributed by atoms with Crippen LogP contribution in [0.15, 0.2) is 24.3 Å². The molecule has 3 N–H and O–H groups in total. The molecule has 0 spiro atoms. The van der Waals surface area contributed by atoms with Crippen LogP contribution in [-0.2, 0) is 4.74 Å². The summed E-state index contributed by atoms with van der Waals surface area (Å²) in [5.41, 5.74) is 0. The lowest BCUT2D eigenvalue weighted by Crippen LogP contribution is -2.59. The van der Waals surface area contributed by atoms with Crippen molar-refractivity contribution in [1.29, 1.82) is 0 Å². The zero-order valence-electron chi connectivity index (χ0n) is 10.8. The van der Waals surface area contributed by atoms with Crippen LogP contribution >= 0.6 is 22.6 Å². The van der Waals surface area contributed by atoms with Gasteiger partial charge in [-0.05, 0) is 24.3 Å². The van der Waals surface area contributed by atoms with Gasteiger partial charge in [-0.25, -0.2) is 0 Å². The summed E-state index contributed by atoms with van der Waals surface area (Å²) in [5, 5.41) is 29.4. The van der Waals surface area contributed by atoms with Crippen molar-refractivity contribution in [3.8, 4) is 11.5 Å². The van der Waals surface area contributed by atoms with Crippen LogP contribution in [0.4, 0.5) is 0 Å².